The van der Waals surface area contributed by atoms with E-state index in [4.69, 9.17) is 4.74 Å². The normalized spacial score (nSPS) is 19.6. The van der Waals surface area contributed by atoms with Crippen LogP contribution in [-0.4, -0.2) is 36.8 Å². The van der Waals surface area contributed by atoms with E-state index >= 15 is 0 Å². The molecule has 5 nitrogen and oxygen atoms in total. The molecule has 2 aliphatic rings. The summed E-state index contributed by atoms with van der Waals surface area (Å²) < 4.78 is 32.4. The summed E-state index contributed by atoms with van der Waals surface area (Å²) in [5, 5.41) is 3.48. The number of ether oxygens (including phenoxy) is 1. The number of anilines is 2. The highest BCUT2D eigenvalue weighted by atomic mass is 32.2. The van der Waals surface area contributed by atoms with E-state index in [0.29, 0.717) is 10.9 Å². The monoisotopic (exact) mass is 446 g/mol. The first-order valence-corrected chi connectivity index (χ1v) is 11.4. The number of benzene rings is 2. The van der Waals surface area contributed by atoms with Gasteiger partial charge in [0.05, 0.1) is 5.92 Å². The third kappa shape index (κ3) is 5.62. The molecule has 1 N–H and O–H groups in total. The van der Waals surface area contributed by atoms with Gasteiger partial charge in [-0.1, -0.05) is 12.1 Å². The van der Waals surface area contributed by atoms with E-state index in [9.17, 15) is 18.4 Å². The summed E-state index contributed by atoms with van der Waals surface area (Å²) in [7, 11) is 0. The lowest BCUT2D eigenvalue weighted by Crippen LogP contribution is -2.28. The molecule has 2 aliphatic heterocycles. The molecule has 31 heavy (non-hydrogen) atoms. The third-order valence-corrected chi connectivity index (χ3v) is 6.95. The van der Waals surface area contributed by atoms with Crippen LogP contribution in [0.15, 0.2) is 42.5 Å². The Morgan fingerprint density at radius 1 is 1.13 bits per heavy atom. The van der Waals surface area contributed by atoms with Gasteiger partial charge in [-0.05, 0) is 42.7 Å². The minimum atomic E-state index is -0.758. The van der Waals surface area contributed by atoms with E-state index in [1.165, 1.54) is 4.90 Å². The van der Waals surface area contributed by atoms with Gasteiger partial charge in [-0.15, -0.1) is 0 Å². The van der Waals surface area contributed by atoms with Gasteiger partial charge in [0.2, 0.25) is 11.8 Å². The Labute approximate surface area is 184 Å². The van der Waals surface area contributed by atoms with Gasteiger partial charge in [-0.2, -0.15) is 11.8 Å². The maximum atomic E-state index is 13.5. The van der Waals surface area contributed by atoms with Crippen molar-refractivity contribution in [2.45, 2.75) is 30.3 Å². The molecule has 0 spiro atoms. The molecule has 0 radical (unpaired) electrons. The maximum Gasteiger partial charge on any atom is 0.229 e. The first-order valence-electron chi connectivity index (χ1n) is 10.3. The van der Waals surface area contributed by atoms with Crippen molar-refractivity contribution < 1.29 is 23.1 Å². The number of thioether (sulfide) groups is 1. The molecule has 2 aromatic carbocycles. The van der Waals surface area contributed by atoms with Gasteiger partial charge in [0, 0.05) is 54.6 Å². The minimum absolute atomic E-state index is 0.00323. The molecule has 1 atom stereocenters. The molecule has 2 fully saturated rings. The first kappa shape index (κ1) is 21.8. The highest BCUT2D eigenvalue weighted by Crippen LogP contribution is 2.29. The Balaban J connectivity index is 1.35. The molecule has 0 saturated carbocycles. The van der Waals surface area contributed by atoms with Crippen molar-refractivity contribution in [1.29, 1.82) is 0 Å². The summed E-state index contributed by atoms with van der Waals surface area (Å²) in [5.74, 6) is -1.85. The van der Waals surface area contributed by atoms with E-state index in [1.54, 1.807) is 0 Å². The summed E-state index contributed by atoms with van der Waals surface area (Å²) in [6.45, 7) is 1.72. The number of rotatable bonds is 6. The molecule has 8 heteroatoms. The van der Waals surface area contributed by atoms with Crippen LogP contribution in [0.5, 0.6) is 0 Å². The third-order valence-electron chi connectivity index (χ3n) is 5.50. The second-order valence-electron chi connectivity index (χ2n) is 7.85. The molecule has 0 aliphatic carbocycles. The lowest BCUT2D eigenvalue weighted by molar-refractivity contribution is -0.122. The molecular weight excluding hydrogens is 422 g/mol. The molecule has 4 rings (SSSR count). The van der Waals surface area contributed by atoms with Crippen molar-refractivity contribution in [2.24, 2.45) is 5.92 Å². The van der Waals surface area contributed by atoms with Crippen LogP contribution >= 0.6 is 11.8 Å². The summed E-state index contributed by atoms with van der Waals surface area (Å²) >= 11 is 1.90. The Morgan fingerprint density at radius 3 is 2.61 bits per heavy atom. The Kier molecular flexibility index (Phi) is 6.87. The molecule has 2 aromatic rings. The number of nitrogens with one attached hydrogen (secondary N) is 1. The molecule has 164 valence electrons. The molecule has 0 aromatic heterocycles. The Bertz CT molecular complexity index is 945. The molecule has 2 saturated heterocycles. The van der Waals surface area contributed by atoms with Crippen LogP contribution in [0.4, 0.5) is 20.2 Å². The molecular formula is C23H24F2N2O3S. The zero-order valence-corrected chi connectivity index (χ0v) is 17.8. The van der Waals surface area contributed by atoms with E-state index in [-0.39, 0.29) is 30.5 Å². The van der Waals surface area contributed by atoms with Crippen LogP contribution < -0.4 is 10.2 Å². The van der Waals surface area contributed by atoms with Gasteiger partial charge < -0.3 is 15.0 Å². The SMILES string of the molecule is O=C(Nc1cccc(CSC2CCOCC2)c1)C1CC(=O)N(c2cc(F)cc(F)c2)C1. The number of halogens is 2. The number of hydrogen-bond acceptors (Lipinski definition) is 4. The Hall–Kier alpha value is -2.45. The predicted molar refractivity (Wildman–Crippen MR) is 117 cm³/mol. The largest absolute Gasteiger partial charge is 0.381 e. The Morgan fingerprint density at radius 2 is 1.87 bits per heavy atom. The van der Waals surface area contributed by atoms with Crippen molar-refractivity contribution in [3.8, 4) is 0 Å². The van der Waals surface area contributed by atoms with Gasteiger partial charge >= 0.3 is 0 Å². The fraction of sp³-hybridized carbons (Fsp3) is 0.391. The van der Waals surface area contributed by atoms with Crippen molar-refractivity contribution in [3.05, 3.63) is 59.7 Å². The summed E-state index contributed by atoms with van der Waals surface area (Å²) in [4.78, 5) is 26.3. The van der Waals surface area contributed by atoms with Crippen LogP contribution in [0, 0.1) is 17.6 Å². The number of amides is 2. The number of nitrogens with zero attached hydrogens (tertiary/aromatic N) is 1. The number of carbonyl (C=O) groups is 2. The summed E-state index contributed by atoms with van der Waals surface area (Å²) in [5.41, 5.74) is 1.93. The van der Waals surface area contributed by atoms with Crippen LogP contribution in [0.2, 0.25) is 0 Å². The molecule has 1 unspecified atom stereocenters. The smallest absolute Gasteiger partial charge is 0.229 e. The first-order chi connectivity index (χ1) is 15.0. The van der Waals surface area contributed by atoms with Crippen molar-refractivity contribution in [2.75, 3.05) is 30.0 Å². The predicted octanol–water partition coefficient (Wildman–Crippen LogP) is 4.37. The van der Waals surface area contributed by atoms with E-state index in [2.05, 4.69) is 5.32 Å². The van der Waals surface area contributed by atoms with Gasteiger partial charge in [0.15, 0.2) is 0 Å². The topological polar surface area (TPSA) is 58.6 Å². The van der Waals surface area contributed by atoms with Crippen LogP contribution in [-0.2, 0) is 20.1 Å². The average molecular weight is 447 g/mol. The fourth-order valence-corrected chi connectivity index (χ4v) is 5.00. The summed E-state index contributed by atoms with van der Waals surface area (Å²) in [6.07, 6.45) is 2.12. The lowest BCUT2D eigenvalue weighted by atomic mass is 10.1. The molecule has 0 bridgehead atoms. The second-order valence-corrected chi connectivity index (χ2v) is 9.13. The van der Waals surface area contributed by atoms with Gasteiger partial charge in [0.1, 0.15) is 11.6 Å². The fourth-order valence-electron chi connectivity index (χ4n) is 3.87. The zero-order chi connectivity index (χ0) is 21.8. The van der Waals surface area contributed by atoms with Crippen molar-refractivity contribution in [3.63, 3.8) is 0 Å². The van der Waals surface area contributed by atoms with E-state index in [1.807, 2.05) is 36.0 Å². The van der Waals surface area contributed by atoms with E-state index < -0.39 is 17.6 Å². The van der Waals surface area contributed by atoms with Crippen LogP contribution in [0.25, 0.3) is 0 Å². The van der Waals surface area contributed by atoms with E-state index in [0.717, 1.165) is 55.6 Å². The zero-order valence-electron chi connectivity index (χ0n) is 17.0. The maximum absolute atomic E-state index is 13.5. The highest BCUT2D eigenvalue weighted by molar-refractivity contribution is 7.99. The highest BCUT2D eigenvalue weighted by Gasteiger charge is 2.35. The van der Waals surface area contributed by atoms with Gasteiger partial charge in [-0.25, -0.2) is 8.78 Å². The number of carbonyl (C=O) groups excluding carboxylic acids is 2. The quantitative estimate of drug-likeness (QED) is 0.716. The van der Waals surface area contributed by atoms with Crippen molar-refractivity contribution in [1.82, 2.24) is 0 Å². The summed E-state index contributed by atoms with van der Waals surface area (Å²) in [6, 6.07) is 10.6. The van der Waals surface area contributed by atoms with Crippen LogP contribution in [0.1, 0.15) is 24.8 Å². The molecule has 2 heterocycles. The van der Waals surface area contributed by atoms with Gasteiger partial charge in [0.25, 0.3) is 0 Å². The van der Waals surface area contributed by atoms with Crippen molar-refractivity contribution >= 4 is 35.0 Å². The second kappa shape index (κ2) is 9.78. The average Bonchev–Trinajstić information content (AvgIpc) is 3.14. The van der Waals surface area contributed by atoms with Gasteiger partial charge in [-0.3, -0.25) is 9.59 Å². The van der Waals surface area contributed by atoms with Crippen LogP contribution in [0.3, 0.4) is 0 Å². The lowest BCUT2D eigenvalue weighted by Gasteiger charge is -2.21. The molecule has 2 amide bonds. The minimum Gasteiger partial charge on any atom is -0.381 e. The number of hydrogen-bond donors (Lipinski definition) is 1. The standard InChI is InChI=1S/C23H24F2N2O3S/c24-17-10-18(25)12-20(11-17)27-13-16(9-22(27)28)23(29)26-19-3-1-2-15(8-19)14-31-21-4-6-30-7-5-21/h1-3,8,10-12,16,21H,4-7,9,13-14H2,(H,26,29).